The van der Waals surface area contributed by atoms with Gasteiger partial charge in [-0.2, -0.15) is 0 Å². The molecule has 1 fully saturated rings. The third kappa shape index (κ3) is 3.00. The van der Waals surface area contributed by atoms with Gasteiger partial charge in [-0.15, -0.1) is 10.2 Å². The maximum atomic E-state index is 5.72. The van der Waals surface area contributed by atoms with Crippen LogP contribution in [-0.4, -0.2) is 40.8 Å². The fourth-order valence-corrected chi connectivity index (χ4v) is 2.36. The van der Waals surface area contributed by atoms with Crippen LogP contribution in [0.3, 0.4) is 0 Å². The van der Waals surface area contributed by atoms with Crippen LogP contribution in [0.25, 0.3) is 11.5 Å². The molecule has 0 amide bonds. The summed E-state index contributed by atoms with van der Waals surface area (Å²) in [5, 5.41) is 11.7. The maximum absolute atomic E-state index is 5.72. The lowest BCUT2D eigenvalue weighted by molar-refractivity contribution is 0.184. The third-order valence-corrected chi connectivity index (χ3v) is 3.30. The predicted octanol–water partition coefficient (Wildman–Crippen LogP) is 1.53. The molecule has 2 aromatic rings. The van der Waals surface area contributed by atoms with Gasteiger partial charge in [0.15, 0.2) is 0 Å². The molecule has 1 aromatic heterocycles. The predicted molar refractivity (Wildman–Crippen MR) is 72.5 cm³/mol. The van der Waals surface area contributed by atoms with Crippen molar-refractivity contribution < 1.29 is 4.42 Å². The minimum Gasteiger partial charge on any atom is -0.419 e. The Labute approximate surface area is 112 Å². The van der Waals surface area contributed by atoms with Crippen molar-refractivity contribution in [3.8, 4) is 11.5 Å². The van der Waals surface area contributed by atoms with Gasteiger partial charge in [-0.3, -0.25) is 4.90 Å². The highest BCUT2D eigenvalue weighted by Gasteiger charge is 2.18. The molecule has 0 unspecified atom stereocenters. The first kappa shape index (κ1) is 12.3. The molecule has 1 atom stereocenters. The lowest BCUT2D eigenvalue weighted by atomic mass is 10.2. The maximum Gasteiger partial charge on any atom is 0.247 e. The summed E-state index contributed by atoms with van der Waals surface area (Å²) in [5.74, 6) is 1.28. The molecule has 3 rings (SSSR count). The Morgan fingerprint density at radius 2 is 2.16 bits per heavy atom. The van der Waals surface area contributed by atoms with Crippen LogP contribution in [0, 0.1) is 0 Å². The van der Waals surface area contributed by atoms with E-state index in [-0.39, 0.29) is 0 Å². The number of nitrogens with zero attached hydrogens (tertiary/aromatic N) is 3. The van der Waals surface area contributed by atoms with Crippen LogP contribution in [0.15, 0.2) is 34.7 Å². The van der Waals surface area contributed by atoms with Gasteiger partial charge in [-0.25, -0.2) is 0 Å². The third-order valence-electron chi connectivity index (χ3n) is 3.30. The zero-order valence-electron chi connectivity index (χ0n) is 11.0. The van der Waals surface area contributed by atoms with Crippen molar-refractivity contribution in [3.05, 3.63) is 36.2 Å². The molecule has 0 aliphatic carbocycles. The van der Waals surface area contributed by atoms with Crippen LogP contribution in [0.2, 0.25) is 0 Å². The first-order valence-corrected chi connectivity index (χ1v) is 6.65. The lowest BCUT2D eigenvalue weighted by Gasteiger charge is -2.30. The number of hydrogen-bond donors (Lipinski definition) is 1. The summed E-state index contributed by atoms with van der Waals surface area (Å²) in [6.07, 6.45) is 0. The van der Waals surface area contributed by atoms with E-state index in [1.54, 1.807) is 0 Å². The van der Waals surface area contributed by atoms with Crippen molar-refractivity contribution in [2.75, 3.05) is 19.6 Å². The molecule has 1 aromatic carbocycles. The van der Waals surface area contributed by atoms with Crippen LogP contribution in [0.5, 0.6) is 0 Å². The van der Waals surface area contributed by atoms with Gasteiger partial charge >= 0.3 is 0 Å². The normalized spacial score (nSPS) is 20.6. The number of benzene rings is 1. The summed E-state index contributed by atoms with van der Waals surface area (Å²) in [6, 6.07) is 10.4. The number of piperazine rings is 1. The molecule has 2 heterocycles. The number of rotatable bonds is 3. The molecule has 1 saturated heterocycles. The largest absolute Gasteiger partial charge is 0.419 e. The molecule has 1 aliphatic heterocycles. The number of aromatic nitrogens is 2. The van der Waals surface area contributed by atoms with Crippen LogP contribution < -0.4 is 5.32 Å². The number of nitrogens with one attached hydrogen (secondary N) is 1. The van der Waals surface area contributed by atoms with E-state index in [0.717, 1.165) is 31.7 Å². The molecule has 0 bridgehead atoms. The summed E-state index contributed by atoms with van der Waals surface area (Å²) in [4.78, 5) is 2.34. The molecule has 1 N–H and O–H groups in total. The van der Waals surface area contributed by atoms with Gasteiger partial charge in [0.2, 0.25) is 11.8 Å². The van der Waals surface area contributed by atoms with E-state index in [9.17, 15) is 0 Å². The van der Waals surface area contributed by atoms with Crippen LogP contribution in [0.4, 0.5) is 0 Å². The van der Waals surface area contributed by atoms with Crippen molar-refractivity contribution in [2.24, 2.45) is 0 Å². The Balaban J connectivity index is 1.68. The van der Waals surface area contributed by atoms with Crippen LogP contribution in [-0.2, 0) is 6.54 Å². The topological polar surface area (TPSA) is 54.2 Å². The van der Waals surface area contributed by atoms with Crippen LogP contribution in [0.1, 0.15) is 12.8 Å². The first-order valence-electron chi connectivity index (χ1n) is 6.65. The molecule has 0 radical (unpaired) electrons. The van der Waals surface area contributed by atoms with Gasteiger partial charge < -0.3 is 9.73 Å². The van der Waals surface area contributed by atoms with Gasteiger partial charge in [-0.1, -0.05) is 18.2 Å². The summed E-state index contributed by atoms with van der Waals surface area (Å²) in [7, 11) is 0. The molecule has 0 saturated carbocycles. The second kappa shape index (κ2) is 5.50. The fourth-order valence-electron chi connectivity index (χ4n) is 2.36. The Morgan fingerprint density at radius 1 is 1.32 bits per heavy atom. The summed E-state index contributed by atoms with van der Waals surface area (Å²) in [5.41, 5.74) is 0.968. The molecule has 1 aliphatic rings. The van der Waals surface area contributed by atoms with Crippen molar-refractivity contribution >= 4 is 0 Å². The molecule has 19 heavy (non-hydrogen) atoms. The van der Waals surface area contributed by atoms with E-state index in [1.165, 1.54) is 0 Å². The SMILES string of the molecule is C[C@H]1CN(Cc2nnc(-c3ccccc3)o2)CCN1. The Hall–Kier alpha value is -1.72. The Morgan fingerprint density at radius 3 is 2.95 bits per heavy atom. The summed E-state index contributed by atoms with van der Waals surface area (Å²) < 4.78 is 5.72. The van der Waals surface area contributed by atoms with E-state index >= 15 is 0 Å². The molecule has 5 nitrogen and oxygen atoms in total. The van der Waals surface area contributed by atoms with Gasteiger partial charge in [-0.05, 0) is 19.1 Å². The van der Waals surface area contributed by atoms with E-state index in [0.29, 0.717) is 17.8 Å². The Kier molecular flexibility index (Phi) is 3.57. The second-order valence-electron chi connectivity index (χ2n) is 4.96. The molecule has 100 valence electrons. The van der Waals surface area contributed by atoms with E-state index in [2.05, 4.69) is 27.3 Å². The smallest absolute Gasteiger partial charge is 0.247 e. The first-order chi connectivity index (χ1) is 9.31. The van der Waals surface area contributed by atoms with E-state index < -0.39 is 0 Å². The molecular weight excluding hydrogens is 240 g/mol. The zero-order valence-corrected chi connectivity index (χ0v) is 11.0. The van der Waals surface area contributed by atoms with Gasteiger partial charge in [0.1, 0.15) is 0 Å². The molecule has 5 heteroatoms. The summed E-state index contributed by atoms with van der Waals surface area (Å²) >= 11 is 0. The standard InChI is InChI=1S/C14H18N4O/c1-11-9-18(8-7-15-11)10-13-16-17-14(19-13)12-5-3-2-4-6-12/h2-6,11,15H,7-10H2,1H3/t11-/m0/s1. The number of hydrogen-bond acceptors (Lipinski definition) is 5. The average molecular weight is 258 g/mol. The van der Waals surface area contributed by atoms with Gasteiger partial charge in [0.05, 0.1) is 6.54 Å². The average Bonchev–Trinajstić information content (AvgIpc) is 2.88. The molecule has 0 spiro atoms. The van der Waals surface area contributed by atoms with Gasteiger partial charge in [0.25, 0.3) is 0 Å². The van der Waals surface area contributed by atoms with E-state index in [1.807, 2.05) is 30.3 Å². The highest BCUT2D eigenvalue weighted by molar-refractivity contribution is 5.51. The fraction of sp³-hybridized carbons (Fsp3) is 0.429. The van der Waals surface area contributed by atoms with Crippen molar-refractivity contribution in [1.82, 2.24) is 20.4 Å². The van der Waals surface area contributed by atoms with Gasteiger partial charge in [0, 0.05) is 31.2 Å². The second-order valence-corrected chi connectivity index (χ2v) is 4.96. The zero-order chi connectivity index (χ0) is 13.1. The minimum atomic E-state index is 0.519. The van der Waals surface area contributed by atoms with E-state index in [4.69, 9.17) is 4.42 Å². The molecular formula is C14H18N4O. The minimum absolute atomic E-state index is 0.519. The Bertz CT molecular complexity index is 525. The lowest BCUT2D eigenvalue weighted by Crippen LogP contribution is -2.48. The monoisotopic (exact) mass is 258 g/mol. The van der Waals surface area contributed by atoms with Crippen molar-refractivity contribution in [2.45, 2.75) is 19.5 Å². The van der Waals surface area contributed by atoms with Crippen molar-refractivity contribution in [3.63, 3.8) is 0 Å². The summed E-state index contributed by atoms with van der Waals surface area (Å²) in [6.45, 7) is 5.97. The van der Waals surface area contributed by atoms with Crippen molar-refractivity contribution in [1.29, 1.82) is 0 Å². The highest BCUT2D eigenvalue weighted by Crippen LogP contribution is 2.17. The van der Waals surface area contributed by atoms with Crippen LogP contribution >= 0.6 is 0 Å². The highest BCUT2D eigenvalue weighted by atomic mass is 16.4. The quantitative estimate of drug-likeness (QED) is 0.905.